The summed E-state index contributed by atoms with van der Waals surface area (Å²) in [6, 6.07) is 0.0778. The first kappa shape index (κ1) is 14.9. The van der Waals surface area contributed by atoms with Crippen LogP contribution in [0.2, 0.25) is 0 Å². The molecule has 0 saturated carbocycles. The van der Waals surface area contributed by atoms with Gasteiger partial charge in [0.25, 0.3) is 0 Å². The van der Waals surface area contributed by atoms with E-state index >= 15 is 0 Å². The molecule has 0 bridgehead atoms. The van der Waals surface area contributed by atoms with E-state index in [1.165, 1.54) is 0 Å². The van der Waals surface area contributed by atoms with Crippen molar-refractivity contribution in [2.75, 3.05) is 5.32 Å². The van der Waals surface area contributed by atoms with Crippen LogP contribution in [-0.2, 0) is 4.79 Å². The normalized spacial score (nSPS) is 12.7. The summed E-state index contributed by atoms with van der Waals surface area (Å²) in [5, 5.41) is 1.83. The van der Waals surface area contributed by atoms with Crippen LogP contribution in [0.3, 0.4) is 0 Å². The van der Waals surface area contributed by atoms with Gasteiger partial charge in [-0.3, -0.25) is 4.79 Å². The summed E-state index contributed by atoms with van der Waals surface area (Å²) in [7, 11) is 0. The molecular weight excluding hydrogens is 318 g/mol. The Morgan fingerprint density at radius 2 is 1.61 bits per heavy atom. The van der Waals surface area contributed by atoms with E-state index in [4.69, 9.17) is 0 Å². The maximum absolute atomic E-state index is 13.3. The van der Waals surface area contributed by atoms with Gasteiger partial charge in [-0.1, -0.05) is 29.8 Å². The Hall–Kier alpha value is -1.11. The Morgan fingerprint density at radius 3 is 2.00 bits per heavy atom. The molecule has 0 aromatic heterocycles. The minimum atomic E-state index is -1.63. The van der Waals surface area contributed by atoms with E-state index in [-0.39, 0.29) is 12.0 Å². The zero-order valence-electron chi connectivity index (χ0n) is 9.53. The lowest BCUT2D eigenvalue weighted by atomic mass is 10.1. The summed E-state index contributed by atoms with van der Waals surface area (Å²) in [5.41, 5.74) is -1.12. The Kier molecular flexibility index (Phi) is 4.72. The molecule has 0 aliphatic rings. The molecule has 18 heavy (non-hydrogen) atoms. The minimum absolute atomic E-state index is 0.0778. The molecule has 0 saturated heterocycles. The highest BCUT2D eigenvalue weighted by molar-refractivity contribution is 9.10. The fraction of sp³-hybridized carbons (Fsp3) is 0.364. The van der Waals surface area contributed by atoms with Crippen LogP contribution in [0.25, 0.3) is 0 Å². The summed E-state index contributed by atoms with van der Waals surface area (Å²) < 4.78 is 52.3. The molecule has 0 heterocycles. The fourth-order valence-electron chi connectivity index (χ4n) is 1.18. The van der Waals surface area contributed by atoms with Crippen LogP contribution in [0.4, 0.5) is 23.2 Å². The van der Waals surface area contributed by atoms with E-state index in [9.17, 15) is 22.4 Å². The number of benzene rings is 1. The molecular formula is C11H10BrF4NO. The van der Waals surface area contributed by atoms with Gasteiger partial charge in [0, 0.05) is 6.07 Å². The second kappa shape index (κ2) is 5.69. The Bertz CT molecular complexity index is 452. The van der Waals surface area contributed by atoms with Crippen LogP contribution in [0.5, 0.6) is 0 Å². The minimum Gasteiger partial charge on any atom is -0.320 e. The largest absolute Gasteiger partial charge is 0.320 e. The number of carbonyl (C=O) groups is 1. The van der Waals surface area contributed by atoms with E-state index in [1.54, 1.807) is 13.8 Å². The first-order valence-electron chi connectivity index (χ1n) is 5.03. The Morgan fingerprint density at radius 1 is 1.17 bits per heavy atom. The van der Waals surface area contributed by atoms with Gasteiger partial charge in [0.05, 0.1) is 4.83 Å². The van der Waals surface area contributed by atoms with Gasteiger partial charge in [-0.05, 0) is 5.92 Å². The summed E-state index contributed by atoms with van der Waals surface area (Å²) in [6.07, 6.45) is 0. The maximum Gasteiger partial charge on any atom is 0.238 e. The second-order valence-electron chi connectivity index (χ2n) is 3.98. The molecule has 2 nitrogen and oxygen atoms in total. The highest BCUT2D eigenvalue weighted by atomic mass is 79.9. The average Bonchev–Trinajstić information content (AvgIpc) is 2.30. The van der Waals surface area contributed by atoms with E-state index in [2.05, 4.69) is 15.9 Å². The van der Waals surface area contributed by atoms with Gasteiger partial charge in [-0.2, -0.15) is 0 Å². The zero-order chi connectivity index (χ0) is 14.0. The fourth-order valence-corrected chi connectivity index (χ4v) is 1.29. The van der Waals surface area contributed by atoms with Crippen molar-refractivity contribution in [2.24, 2.45) is 5.92 Å². The molecule has 0 spiro atoms. The topological polar surface area (TPSA) is 29.1 Å². The SMILES string of the molecule is CC(C)C(Br)C(=O)Nc1c(F)c(F)cc(F)c1F. The third kappa shape index (κ3) is 3.01. The summed E-state index contributed by atoms with van der Waals surface area (Å²) in [6.45, 7) is 3.38. The number of carbonyl (C=O) groups excluding carboxylic acids is 1. The number of rotatable bonds is 3. The van der Waals surface area contributed by atoms with Gasteiger partial charge in [0.15, 0.2) is 23.3 Å². The number of amides is 1. The van der Waals surface area contributed by atoms with Crippen molar-refractivity contribution in [3.8, 4) is 0 Å². The predicted octanol–water partition coefficient (Wildman–Crippen LogP) is 3.60. The Labute approximate surface area is 109 Å². The highest BCUT2D eigenvalue weighted by Crippen LogP contribution is 2.25. The summed E-state index contributed by atoms with van der Waals surface area (Å²) in [5.74, 6) is -7.35. The van der Waals surface area contributed by atoms with Crippen molar-refractivity contribution < 1.29 is 22.4 Å². The number of alkyl halides is 1. The maximum atomic E-state index is 13.3. The number of nitrogens with one attached hydrogen (secondary N) is 1. The van der Waals surface area contributed by atoms with Crippen molar-refractivity contribution in [1.29, 1.82) is 0 Å². The molecule has 0 radical (unpaired) electrons. The van der Waals surface area contributed by atoms with Gasteiger partial charge in [0.1, 0.15) is 5.69 Å². The molecule has 7 heteroatoms. The number of anilines is 1. The van der Waals surface area contributed by atoms with E-state index in [0.717, 1.165) is 0 Å². The number of hydrogen-bond acceptors (Lipinski definition) is 1. The van der Waals surface area contributed by atoms with Gasteiger partial charge in [0.2, 0.25) is 5.91 Å². The molecule has 1 amide bonds. The number of hydrogen-bond donors (Lipinski definition) is 1. The van der Waals surface area contributed by atoms with E-state index < -0.39 is 39.7 Å². The third-order valence-electron chi connectivity index (χ3n) is 2.20. The van der Waals surface area contributed by atoms with Crippen LogP contribution in [0, 0.1) is 29.2 Å². The van der Waals surface area contributed by atoms with Crippen LogP contribution in [0.1, 0.15) is 13.8 Å². The first-order chi connectivity index (χ1) is 8.25. The van der Waals surface area contributed by atoms with E-state index in [0.29, 0.717) is 0 Å². The molecule has 1 aromatic carbocycles. The van der Waals surface area contributed by atoms with Gasteiger partial charge >= 0.3 is 0 Å². The molecule has 1 atom stereocenters. The molecule has 0 fully saturated rings. The van der Waals surface area contributed by atoms with Crippen molar-refractivity contribution in [3.63, 3.8) is 0 Å². The standard InChI is InChI=1S/C11H10BrF4NO/c1-4(2)7(12)11(18)17-10-8(15)5(13)3-6(14)9(10)16/h3-4,7H,1-2H3,(H,17,18). The summed E-state index contributed by atoms with van der Waals surface area (Å²) in [4.78, 5) is 10.8. The van der Waals surface area contributed by atoms with Gasteiger partial charge in [-0.25, -0.2) is 17.6 Å². The lowest BCUT2D eigenvalue weighted by Crippen LogP contribution is -2.28. The monoisotopic (exact) mass is 327 g/mol. The highest BCUT2D eigenvalue weighted by Gasteiger charge is 2.24. The van der Waals surface area contributed by atoms with Crippen molar-refractivity contribution in [1.82, 2.24) is 0 Å². The third-order valence-corrected chi connectivity index (χ3v) is 3.67. The quantitative estimate of drug-likeness (QED) is 0.513. The van der Waals surface area contributed by atoms with E-state index in [1.807, 2.05) is 5.32 Å². The van der Waals surface area contributed by atoms with Crippen molar-refractivity contribution >= 4 is 27.5 Å². The lowest BCUT2D eigenvalue weighted by Gasteiger charge is -2.15. The lowest BCUT2D eigenvalue weighted by molar-refractivity contribution is -0.116. The first-order valence-corrected chi connectivity index (χ1v) is 5.95. The van der Waals surface area contributed by atoms with Gasteiger partial charge < -0.3 is 5.32 Å². The number of halogens is 5. The molecule has 0 aliphatic carbocycles. The zero-order valence-corrected chi connectivity index (χ0v) is 11.1. The smallest absolute Gasteiger partial charge is 0.238 e. The molecule has 0 aliphatic heterocycles. The van der Waals surface area contributed by atoms with Crippen LogP contribution in [-0.4, -0.2) is 10.7 Å². The van der Waals surface area contributed by atoms with Crippen LogP contribution >= 0.6 is 15.9 Å². The molecule has 1 unspecified atom stereocenters. The second-order valence-corrected chi connectivity index (χ2v) is 4.96. The molecule has 1 N–H and O–H groups in total. The molecule has 1 rings (SSSR count). The molecule has 100 valence electrons. The van der Waals surface area contributed by atoms with Crippen molar-refractivity contribution in [3.05, 3.63) is 29.3 Å². The van der Waals surface area contributed by atoms with Crippen LogP contribution in [0.15, 0.2) is 6.07 Å². The average molecular weight is 328 g/mol. The van der Waals surface area contributed by atoms with Crippen LogP contribution < -0.4 is 5.32 Å². The predicted molar refractivity (Wildman–Crippen MR) is 62.5 cm³/mol. The molecule has 1 aromatic rings. The Balaban J connectivity index is 3.08. The van der Waals surface area contributed by atoms with Gasteiger partial charge in [-0.15, -0.1) is 0 Å². The van der Waals surface area contributed by atoms with Crippen molar-refractivity contribution in [2.45, 2.75) is 18.7 Å². The summed E-state index contributed by atoms with van der Waals surface area (Å²) >= 11 is 3.01.